The quantitative estimate of drug-likeness (QED) is 0.741. The van der Waals surface area contributed by atoms with Crippen LogP contribution in [0.25, 0.3) is 0 Å². The van der Waals surface area contributed by atoms with Gasteiger partial charge < -0.3 is 14.4 Å². The summed E-state index contributed by atoms with van der Waals surface area (Å²) in [5.74, 6) is 1.42. The van der Waals surface area contributed by atoms with Gasteiger partial charge in [-0.2, -0.15) is 0 Å². The summed E-state index contributed by atoms with van der Waals surface area (Å²) in [6.07, 6.45) is -0.919. The molecule has 1 aromatic heterocycles. The maximum absolute atomic E-state index is 10.7. The van der Waals surface area contributed by atoms with Gasteiger partial charge >= 0.3 is 6.09 Å². The highest BCUT2D eigenvalue weighted by Gasteiger charge is 2.23. The minimum absolute atomic E-state index is 0.298. The molecule has 0 saturated heterocycles. The van der Waals surface area contributed by atoms with E-state index in [1.54, 1.807) is 7.11 Å². The van der Waals surface area contributed by atoms with Gasteiger partial charge in [0.1, 0.15) is 6.61 Å². The molecule has 7 heteroatoms. The average molecular weight is 212 g/mol. The number of hydrogen-bond acceptors (Lipinski definition) is 4. The molecule has 7 nitrogen and oxygen atoms in total. The second-order valence-corrected chi connectivity index (χ2v) is 3.32. The Bertz CT molecular complexity index is 376. The molecule has 0 bridgehead atoms. The van der Waals surface area contributed by atoms with Crippen LogP contribution in [0.2, 0.25) is 0 Å². The molecule has 1 aromatic rings. The van der Waals surface area contributed by atoms with Crippen molar-refractivity contribution < 1.29 is 14.6 Å². The van der Waals surface area contributed by atoms with E-state index in [9.17, 15) is 4.79 Å². The van der Waals surface area contributed by atoms with E-state index >= 15 is 0 Å². The van der Waals surface area contributed by atoms with E-state index in [1.807, 2.05) is 4.57 Å². The van der Waals surface area contributed by atoms with Gasteiger partial charge in [0, 0.05) is 20.2 Å². The van der Waals surface area contributed by atoms with Gasteiger partial charge in [0.05, 0.1) is 6.54 Å². The number of methoxy groups -OCH3 is 1. The molecule has 0 spiro atoms. The molecule has 15 heavy (non-hydrogen) atoms. The summed E-state index contributed by atoms with van der Waals surface area (Å²) in [6.45, 7) is 1.76. The van der Waals surface area contributed by atoms with Crippen LogP contribution in [-0.2, 0) is 24.4 Å². The fraction of sp³-hybridized carbons (Fsp3) is 0.625. The lowest BCUT2D eigenvalue weighted by atomic mass is 10.3. The minimum atomic E-state index is -0.919. The van der Waals surface area contributed by atoms with Gasteiger partial charge in [-0.05, 0) is 0 Å². The van der Waals surface area contributed by atoms with Crippen LogP contribution in [0.1, 0.15) is 11.6 Å². The predicted molar refractivity (Wildman–Crippen MR) is 49.2 cm³/mol. The maximum Gasteiger partial charge on any atom is 0.407 e. The molecule has 2 rings (SSSR count). The van der Waals surface area contributed by atoms with E-state index in [0.29, 0.717) is 32.1 Å². The number of amides is 1. The molecule has 0 radical (unpaired) electrons. The highest BCUT2D eigenvalue weighted by atomic mass is 16.5. The summed E-state index contributed by atoms with van der Waals surface area (Å²) in [5, 5.41) is 16.7. The normalized spacial score (nSPS) is 15.1. The van der Waals surface area contributed by atoms with Gasteiger partial charge in [-0.15, -0.1) is 10.2 Å². The van der Waals surface area contributed by atoms with Crippen molar-refractivity contribution >= 4 is 6.09 Å². The van der Waals surface area contributed by atoms with Gasteiger partial charge in [-0.1, -0.05) is 0 Å². The number of nitrogens with zero attached hydrogens (tertiary/aromatic N) is 4. The zero-order valence-electron chi connectivity index (χ0n) is 8.38. The first-order valence-corrected chi connectivity index (χ1v) is 4.60. The Kier molecular flexibility index (Phi) is 2.55. The van der Waals surface area contributed by atoms with Crippen LogP contribution in [-0.4, -0.2) is 44.5 Å². The average Bonchev–Trinajstić information content (AvgIpc) is 2.61. The van der Waals surface area contributed by atoms with Crippen molar-refractivity contribution in [1.82, 2.24) is 19.7 Å². The van der Waals surface area contributed by atoms with Crippen molar-refractivity contribution in [2.45, 2.75) is 19.7 Å². The van der Waals surface area contributed by atoms with Crippen LogP contribution in [0.15, 0.2) is 0 Å². The first-order chi connectivity index (χ1) is 7.22. The lowest BCUT2D eigenvalue weighted by Crippen LogP contribution is -2.37. The molecule has 0 atom stereocenters. The number of rotatable bonds is 2. The lowest BCUT2D eigenvalue weighted by molar-refractivity contribution is 0.129. The summed E-state index contributed by atoms with van der Waals surface area (Å²) < 4.78 is 6.88. The van der Waals surface area contributed by atoms with Crippen molar-refractivity contribution in [1.29, 1.82) is 0 Å². The third kappa shape index (κ3) is 1.78. The molecule has 2 heterocycles. The topological polar surface area (TPSA) is 80.5 Å². The maximum atomic E-state index is 10.7. The van der Waals surface area contributed by atoms with Crippen molar-refractivity contribution in [3.8, 4) is 0 Å². The second-order valence-electron chi connectivity index (χ2n) is 3.32. The Morgan fingerprint density at radius 2 is 2.33 bits per heavy atom. The van der Waals surface area contributed by atoms with Crippen LogP contribution >= 0.6 is 0 Å². The largest absolute Gasteiger partial charge is 0.465 e. The van der Waals surface area contributed by atoms with E-state index in [-0.39, 0.29) is 0 Å². The van der Waals surface area contributed by atoms with Crippen molar-refractivity contribution in [3.63, 3.8) is 0 Å². The van der Waals surface area contributed by atoms with Crippen LogP contribution in [0.4, 0.5) is 4.79 Å². The highest BCUT2D eigenvalue weighted by molar-refractivity contribution is 5.64. The van der Waals surface area contributed by atoms with Gasteiger partial charge in [-0.25, -0.2) is 4.79 Å². The lowest BCUT2D eigenvalue weighted by Gasteiger charge is -2.25. The number of carbonyl (C=O) groups is 1. The Balaban J connectivity index is 2.18. The minimum Gasteiger partial charge on any atom is -0.465 e. The Morgan fingerprint density at radius 1 is 1.53 bits per heavy atom. The summed E-state index contributed by atoms with van der Waals surface area (Å²) in [7, 11) is 1.59. The monoisotopic (exact) mass is 212 g/mol. The van der Waals surface area contributed by atoms with E-state index in [4.69, 9.17) is 9.84 Å². The van der Waals surface area contributed by atoms with Gasteiger partial charge in [0.2, 0.25) is 0 Å². The SMILES string of the molecule is COCc1nnc2n1CCN(C(=O)O)C2. The number of aromatic nitrogens is 3. The molecule has 1 N–H and O–H groups in total. The van der Waals surface area contributed by atoms with Crippen LogP contribution < -0.4 is 0 Å². The summed E-state index contributed by atoms with van der Waals surface area (Å²) in [5.41, 5.74) is 0. The van der Waals surface area contributed by atoms with Gasteiger partial charge in [0.25, 0.3) is 0 Å². The van der Waals surface area contributed by atoms with Gasteiger partial charge in [0.15, 0.2) is 11.6 Å². The molecular formula is C8H12N4O3. The van der Waals surface area contributed by atoms with Crippen LogP contribution in [0.3, 0.4) is 0 Å². The Morgan fingerprint density at radius 3 is 3.00 bits per heavy atom. The van der Waals surface area contributed by atoms with Gasteiger partial charge in [-0.3, -0.25) is 4.90 Å². The van der Waals surface area contributed by atoms with E-state index in [2.05, 4.69) is 10.2 Å². The molecule has 1 aliphatic heterocycles. The fourth-order valence-electron chi connectivity index (χ4n) is 1.62. The zero-order chi connectivity index (χ0) is 10.8. The molecule has 0 saturated carbocycles. The fourth-order valence-corrected chi connectivity index (χ4v) is 1.62. The summed E-state index contributed by atoms with van der Waals surface area (Å²) in [4.78, 5) is 12.1. The number of carboxylic acid groups (broad SMARTS) is 1. The highest BCUT2D eigenvalue weighted by Crippen LogP contribution is 2.12. The van der Waals surface area contributed by atoms with E-state index in [0.717, 1.165) is 5.82 Å². The molecule has 1 amide bonds. The van der Waals surface area contributed by atoms with Crippen LogP contribution in [0.5, 0.6) is 0 Å². The number of fused-ring (bicyclic) bond motifs is 1. The molecule has 0 unspecified atom stereocenters. The molecule has 0 aliphatic carbocycles. The van der Waals surface area contributed by atoms with E-state index < -0.39 is 6.09 Å². The Labute approximate surface area is 86.3 Å². The molecule has 0 fully saturated rings. The Hall–Kier alpha value is -1.63. The van der Waals surface area contributed by atoms with Crippen molar-refractivity contribution in [2.24, 2.45) is 0 Å². The predicted octanol–water partition coefficient (Wildman–Crippen LogP) is -0.0819. The summed E-state index contributed by atoms with van der Waals surface area (Å²) in [6, 6.07) is 0. The molecule has 82 valence electrons. The molecule has 1 aliphatic rings. The third-order valence-electron chi connectivity index (χ3n) is 2.37. The van der Waals surface area contributed by atoms with E-state index in [1.165, 1.54) is 4.90 Å². The van der Waals surface area contributed by atoms with Crippen molar-refractivity contribution in [3.05, 3.63) is 11.6 Å². The van der Waals surface area contributed by atoms with Crippen LogP contribution in [0, 0.1) is 0 Å². The molecular weight excluding hydrogens is 200 g/mol. The number of hydrogen-bond donors (Lipinski definition) is 1. The standard InChI is InChI=1S/C8H12N4O3/c1-15-5-7-10-9-6-4-11(8(13)14)2-3-12(6)7/h2-5H2,1H3,(H,13,14). The molecule has 0 aromatic carbocycles. The smallest absolute Gasteiger partial charge is 0.407 e. The zero-order valence-corrected chi connectivity index (χ0v) is 8.38. The summed E-state index contributed by atoms with van der Waals surface area (Å²) >= 11 is 0. The second kappa shape index (κ2) is 3.85. The van der Waals surface area contributed by atoms with Crippen molar-refractivity contribution in [2.75, 3.05) is 13.7 Å². The first-order valence-electron chi connectivity index (χ1n) is 4.60. The first kappa shape index (κ1) is 9.91. The third-order valence-corrected chi connectivity index (χ3v) is 2.37. The number of ether oxygens (including phenoxy) is 1.